The van der Waals surface area contributed by atoms with Crippen LogP contribution in [0.3, 0.4) is 0 Å². The molecule has 0 saturated carbocycles. The highest BCUT2D eigenvalue weighted by molar-refractivity contribution is 5.94. The molecular weight excluding hydrogens is 356 g/mol. The van der Waals surface area contributed by atoms with Crippen molar-refractivity contribution in [1.29, 1.82) is 0 Å². The van der Waals surface area contributed by atoms with Crippen molar-refractivity contribution in [1.82, 2.24) is 10.3 Å². The molecule has 0 radical (unpaired) electrons. The molecule has 5 nitrogen and oxygen atoms in total. The predicted octanol–water partition coefficient (Wildman–Crippen LogP) is 3.52. The van der Waals surface area contributed by atoms with E-state index in [0.717, 1.165) is 0 Å². The van der Waals surface area contributed by atoms with Crippen LogP contribution in [0.1, 0.15) is 10.4 Å². The second kappa shape index (κ2) is 9.14. The van der Waals surface area contributed by atoms with Crippen LogP contribution in [0, 0.1) is 0 Å². The second-order valence-corrected chi connectivity index (χ2v) is 5.19. The number of benzene rings is 1. The number of rotatable bonds is 9. The van der Waals surface area contributed by atoms with Crippen LogP contribution in [-0.2, 0) is 4.74 Å². The summed E-state index contributed by atoms with van der Waals surface area (Å²) in [6.45, 7) is -1.80. The van der Waals surface area contributed by atoms with Gasteiger partial charge in [0.25, 0.3) is 5.91 Å². The average Bonchev–Trinajstić information content (AvgIpc) is 2.62. The van der Waals surface area contributed by atoms with Crippen LogP contribution in [0.25, 0.3) is 0 Å². The van der Waals surface area contributed by atoms with Crippen molar-refractivity contribution in [3.05, 3.63) is 54.4 Å². The third-order valence-corrected chi connectivity index (χ3v) is 3.13. The van der Waals surface area contributed by atoms with E-state index in [1.807, 2.05) is 0 Å². The van der Waals surface area contributed by atoms with E-state index < -0.39 is 24.9 Å². The summed E-state index contributed by atoms with van der Waals surface area (Å²) < 4.78 is 59.1. The summed E-state index contributed by atoms with van der Waals surface area (Å²) in [4.78, 5) is 15.8. The van der Waals surface area contributed by atoms with Crippen molar-refractivity contribution in [3.8, 4) is 11.5 Å². The summed E-state index contributed by atoms with van der Waals surface area (Å²) in [6, 6.07) is 9.66. The van der Waals surface area contributed by atoms with Gasteiger partial charge < -0.3 is 14.8 Å². The molecule has 1 aromatic carbocycles. The average molecular weight is 372 g/mol. The number of aromatic nitrogens is 1. The van der Waals surface area contributed by atoms with Gasteiger partial charge in [0.1, 0.15) is 18.1 Å². The van der Waals surface area contributed by atoms with Crippen molar-refractivity contribution in [2.75, 3.05) is 19.8 Å². The van der Waals surface area contributed by atoms with Gasteiger partial charge >= 0.3 is 12.3 Å². The van der Waals surface area contributed by atoms with Crippen LogP contribution in [0.5, 0.6) is 11.5 Å². The van der Waals surface area contributed by atoms with Crippen LogP contribution in [-0.4, -0.2) is 43.0 Å². The Morgan fingerprint density at radius 1 is 1.15 bits per heavy atom. The highest BCUT2D eigenvalue weighted by Crippen LogP contribution is 2.22. The minimum absolute atomic E-state index is 0.0912. The fraction of sp³-hybridized carbons (Fsp3) is 0.294. The van der Waals surface area contributed by atoms with Gasteiger partial charge in [0.2, 0.25) is 0 Å². The Hall–Kier alpha value is -2.68. The molecule has 0 aliphatic rings. The molecule has 0 unspecified atom stereocenters. The van der Waals surface area contributed by atoms with E-state index in [2.05, 4.69) is 15.0 Å². The maximum absolute atomic E-state index is 12.6. The molecule has 140 valence electrons. The van der Waals surface area contributed by atoms with Crippen LogP contribution >= 0.6 is 0 Å². The number of nitrogens with one attached hydrogen (secondary N) is 1. The number of pyridine rings is 1. The number of nitrogens with zero attached hydrogens (tertiary/aromatic N) is 1. The molecular formula is C17H16F4N2O3. The van der Waals surface area contributed by atoms with E-state index in [-0.39, 0.29) is 13.2 Å². The number of carbonyl (C=O) groups excluding carboxylic acids is 1. The first kappa shape index (κ1) is 19.6. The maximum atomic E-state index is 12.6. The monoisotopic (exact) mass is 372 g/mol. The normalized spacial score (nSPS) is 11.4. The lowest BCUT2D eigenvalue weighted by Crippen LogP contribution is -2.34. The summed E-state index contributed by atoms with van der Waals surface area (Å²) in [6.07, 6.45) is -0.638. The van der Waals surface area contributed by atoms with Gasteiger partial charge in [0.15, 0.2) is 0 Å². The zero-order valence-corrected chi connectivity index (χ0v) is 13.5. The Labute approximate surface area is 146 Å². The molecule has 1 heterocycles. The molecule has 0 spiro atoms. The molecule has 9 heteroatoms. The lowest BCUT2D eigenvalue weighted by molar-refractivity contribution is -0.165. The lowest BCUT2D eigenvalue weighted by Gasteiger charge is -2.15. The van der Waals surface area contributed by atoms with Crippen molar-refractivity contribution < 1.29 is 31.8 Å². The van der Waals surface area contributed by atoms with E-state index in [0.29, 0.717) is 17.1 Å². The Bertz CT molecular complexity index is 697. The Kier molecular flexibility index (Phi) is 6.90. The third-order valence-electron chi connectivity index (χ3n) is 3.13. The molecule has 1 amide bonds. The number of hydrogen-bond acceptors (Lipinski definition) is 4. The number of amides is 1. The molecule has 0 atom stereocenters. The van der Waals surface area contributed by atoms with Gasteiger partial charge in [-0.15, -0.1) is 0 Å². The van der Waals surface area contributed by atoms with Crippen LogP contribution < -0.4 is 10.1 Å². The number of alkyl halides is 4. The van der Waals surface area contributed by atoms with Gasteiger partial charge in [0, 0.05) is 18.3 Å². The fourth-order valence-corrected chi connectivity index (χ4v) is 1.83. The topological polar surface area (TPSA) is 60.5 Å². The quantitative estimate of drug-likeness (QED) is 0.541. The summed E-state index contributed by atoms with van der Waals surface area (Å²) in [7, 11) is 0. The van der Waals surface area contributed by atoms with E-state index >= 15 is 0 Å². The smallest absolute Gasteiger partial charge is 0.330 e. The molecule has 0 saturated heterocycles. The summed E-state index contributed by atoms with van der Waals surface area (Å²) in [5.41, 5.74) is 0.321. The maximum Gasteiger partial charge on any atom is 0.330 e. The van der Waals surface area contributed by atoms with E-state index in [9.17, 15) is 22.4 Å². The zero-order valence-electron chi connectivity index (χ0n) is 13.5. The van der Waals surface area contributed by atoms with Crippen molar-refractivity contribution >= 4 is 5.91 Å². The largest absolute Gasteiger partial charge is 0.456 e. The van der Waals surface area contributed by atoms with Gasteiger partial charge in [0.05, 0.1) is 12.8 Å². The fourth-order valence-electron chi connectivity index (χ4n) is 1.83. The highest BCUT2D eigenvalue weighted by Gasteiger charge is 2.40. The van der Waals surface area contributed by atoms with Crippen molar-refractivity contribution in [2.24, 2.45) is 0 Å². The molecule has 0 fully saturated rings. The molecule has 1 N–H and O–H groups in total. The van der Waals surface area contributed by atoms with Crippen molar-refractivity contribution in [3.63, 3.8) is 0 Å². The number of halogens is 4. The Morgan fingerprint density at radius 3 is 2.50 bits per heavy atom. The van der Waals surface area contributed by atoms with E-state index in [1.54, 1.807) is 30.5 Å². The van der Waals surface area contributed by atoms with Gasteiger partial charge in [-0.3, -0.25) is 9.78 Å². The number of carbonyl (C=O) groups is 1. The van der Waals surface area contributed by atoms with Crippen LogP contribution in [0.4, 0.5) is 17.6 Å². The lowest BCUT2D eigenvalue weighted by atomic mass is 10.2. The summed E-state index contributed by atoms with van der Waals surface area (Å²) in [5, 5.41) is 2.44. The number of ether oxygens (including phenoxy) is 2. The molecule has 0 aliphatic carbocycles. The second-order valence-electron chi connectivity index (χ2n) is 5.19. The Morgan fingerprint density at radius 2 is 1.88 bits per heavy atom. The van der Waals surface area contributed by atoms with Crippen LogP contribution in [0.15, 0.2) is 48.8 Å². The Balaban J connectivity index is 1.74. The molecule has 2 aromatic rings. The minimum Gasteiger partial charge on any atom is -0.456 e. The molecule has 0 aliphatic heterocycles. The highest BCUT2D eigenvalue weighted by atomic mass is 19.3. The molecule has 1 aromatic heterocycles. The number of hydrogen-bond donors (Lipinski definition) is 1. The van der Waals surface area contributed by atoms with E-state index in [1.165, 1.54) is 18.3 Å². The van der Waals surface area contributed by atoms with Crippen molar-refractivity contribution in [2.45, 2.75) is 12.3 Å². The first-order valence-corrected chi connectivity index (χ1v) is 7.58. The van der Waals surface area contributed by atoms with Gasteiger partial charge in [-0.05, 0) is 36.4 Å². The van der Waals surface area contributed by atoms with Gasteiger partial charge in [-0.1, -0.05) is 0 Å². The first-order valence-electron chi connectivity index (χ1n) is 7.58. The zero-order chi connectivity index (χ0) is 19.0. The first-order chi connectivity index (χ1) is 12.4. The standard InChI is InChI=1S/C17H16F4N2O3/c18-16(19)17(20,21)11-25-9-8-23-15(24)12-3-5-13(6-4-12)26-14-2-1-7-22-10-14/h1-7,10,16H,8-9,11H2,(H,23,24). The predicted molar refractivity (Wildman–Crippen MR) is 84.9 cm³/mol. The van der Waals surface area contributed by atoms with E-state index in [4.69, 9.17) is 4.74 Å². The SMILES string of the molecule is O=C(NCCOCC(F)(F)C(F)F)c1ccc(Oc2cccnc2)cc1. The summed E-state index contributed by atoms with van der Waals surface area (Å²) in [5.74, 6) is -3.61. The molecule has 2 rings (SSSR count). The third kappa shape index (κ3) is 5.99. The summed E-state index contributed by atoms with van der Waals surface area (Å²) >= 11 is 0. The molecule has 0 bridgehead atoms. The van der Waals surface area contributed by atoms with Crippen LogP contribution in [0.2, 0.25) is 0 Å². The molecule has 26 heavy (non-hydrogen) atoms. The van der Waals surface area contributed by atoms with Gasteiger partial charge in [-0.25, -0.2) is 8.78 Å². The van der Waals surface area contributed by atoms with Gasteiger partial charge in [-0.2, -0.15) is 8.78 Å². The minimum atomic E-state index is -4.20.